The molecule has 0 bridgehead atoms. The zero-order valence-electron chi connectivity index (χ0n) is 27.4. The summed E-state index contributed by atoms with van der Waals surface area (Å²) in [5, 5.41) is 5.43. The van der Waals surface area contributed by atoms with Crippen molar-refractivity contribution in [3.63, 3.8) is 0 Å². The molecule has 0 fully saturated rings. The first-order valence-electron chi connectivity index (χ1n) is 17.0. The summed E-state index contributed by atoms with van der Waals surface area (Å²) >= 11 is 0. The number of rotatable bonds is 5. The average molecular weight is 653 g/mol. The quantitative estimate of drug-likeness (QED) is 0.185. The van der Waals surface area contributed by atoms with Gasteiger partial charge in [-0.1, -0.05) is 133 Å². The number of furan rings is 1. The summed E-state index contributed by atoms with van der Waals surface area (Å²) in [6, 6.07) is 58.3. The van der Waals surface area contributed by atoms with Crippen LogP contribution in [0.3, 0.4) is 0 Å². The summed E-state index contributed by atoms with van der Waals surface area (Å²) in [4.78, 5) is 20.5. The number of aromatic nitrogens is 4. The highest BCUT2D eigenvalue weighted by molar-refractivity contribution is 6.12. The van der Waals surface area contributed by atoms with Gasteiger partial charge in [-0.3, -0.25) is 0 Å². The van der Waals surface area contributed by atoms with Gasteiger partial charge in [-0.15, -0.1) is 0 Å². The number of fused-ring (bicyclic) bond motifs is 5. The van der Waals surface area contributed by atoms with Gasteiger partial charge >= 0.3 is 0 Å². The number of para-hydroxylation sites is 2. The fourth-order valence-corrected chi connectivity index (χ4v) is 7.14. The van der Waals surface area contributed by atoms with Gasteiger partial charge < -0.3 is 4.42 Å². The molecule has 10 aromatic rings. The molecule has 238 valence electrons. The molecule has 5 heteroatoms. The molecule has 51 heavy (non-hydrogen) atoms. The van der Waals surface area contributed by atoms with Gasteiger partial charge in [0.05, 0.1) is 5.52 Å². The van der Waals surface area contributed by atoms with Crippen LogP contribution in [0.4, 0.5) is 0 Å². The summed E-state index contributed by atoms with van der Waals surface area (Å²) in [6.07, 6.45) is 0. The summed E-state index contributed by atoms with van der Waals surface area (Å²) in [7, 11) is 0. The molecule has 0 aliphatic carbocycles. The summed E-state index contributed by atoms with van der Waals surface area (Å²) in [5.41, 5.74) is 9.43. The smallest absolute Gasteiger partial charge is 0.182 e. The van der Waals surface area contributed by atoms with E-state index in [0.717, 1.165) is 55.1 Å². The van der Waals surface area contributed by atoms with Gasteiger partial charge in [-0.2, -0.15) is 0 Å². The van der Waals surface area contributed by atoms with E-state index in [1.54, 1.807) is 0 Å². The first-order chi connectivity index (χ1) is 25.3. The van der Waals surface area contributed by atoms with Gasteiger partial charge in [0.15, 0.2) is 17.5 Å². The van der Waals surface area contributed by atoms with E-state index in [4.69, 9.17) is 24.4 Å². The second-order valence-electron chi connectivity index (χ2n) is 12.6. The summed E-state index contributed by atoms with van der Waals surface area (Å²) in [6.45, 7) is 0. The zero-order valence-corrected chi connectivity index (χ0v) is 27.4. The molecule has 0 atom stereocenters. The Morgan fingerprint density at radius 2 is 0.980 bits per heavy atom. The van der Waals surface area contributed by atoms with Gasteiger partial charge in [0.2, 0.25) is 0 Å². The summed E-state index contributed by atoms with van der Waals surface area (Å²) < 4.78 is 6.25. The molecule has 3 heterocycles. The minimum Gasteiger partial charge on any atom is -0.456 e. The van der Waals surface area contributed by atoms with Crippen molar-refractivity contribution in [3.05, 3.63) is 170 Å². The number of benzene rings is 7. The molecule has 0 N–H and O–H groups in total. The van der Waals surface area contributed by atoms with Crippen LogP contribution < -0.4 is 0 Å². The van der Waals surface area contributed by atoms with E-state index < -0.39 is 0 Å². The molecule has 0 unspecified atom stereocenters. The number of pyridine rings is 1. The third kappa shape index (κ3) is 5.03. The van der Waals surface area contributed by atoms with Crippen molar-refractivity contribution in [2.75, 3.05) is 0 Å². The molecule has 5 nitrogen and oxygen atoms in total. The zero-order chi connectivity index (χ0) is 33.7. The Bertz CT molecular complexity index is 2920. The van der Waals surface area contributed by atoms with Crippen LogP contribution in [0.5, 0.6) is 0 Å². The van der Waals surface area contributed by atoms with Crippen molar-refractivity contribution < 1.29 is 4.42 Å². The molecule has 7 aromatic carbocycles. The van der Waals surface area contributed by atoms with Crippen LogP contribution in [0.15, 0.2) is 174 Å². The molecule has 0 saturated carbocycles. The Kier molecular flexibility index (Phi) is 6.74. The van der Waals surface area contributed by atoms with Crippen LogP contribution in [-0.2, 0) is 0 Å². The van der Waals surface area contributed by atoms with Crippen LogP contribution in [-0.4, -0.2) is 19.9 Å². The lowest BCUT2D eigenvalue weighted by Crippen LogP contribution is -2.02. The van der Waals surface area contributed by atoms with E-state index in [9.17, 15) is 0 Å². The lowest BCUT2D eigenvalue weighted by Gasteiger charge is -2.14. The van der Waals surface area contributed by atoms with Crippen LogP contribution in [0, 0.1) is 0 Å². The van der Waals surface area contributed by atoms with Crippen molar-refractivity contribution in [3.8, 4) is 56.5 Å². The van der Waals surface area contributed by atoms with Gasteiger partial charge in [0.1, 0.15) is 16.9 Å². The Balaban J connectivity index is 1.23. The maximum Gasteiger partial charge on any atom is 0.182 e. The van der Waals surface area contributed by atoms with Crippen LogP contribution in [0.1, 0.15) is 0 Å². The summed E-state index contributed by atoms with van der Waals surface area (Å²) in [5.74, 6) is 1.64. The van der Waals surface area contributed by atoms with Gasteiger partial charge in [-0.25, -0.2) is 19.9 Å². The Morgan fingerprint density at radius 3 is 1.82 bits per heavy atom. The van der Waals surface area contributed by atoms with Gasteiger partial charge in [0.25, 0.3) is 0 Å². The predicted molar refractivity (Wildman–Crippen MR) is 207 cm³/mol. The monoisotopic (exact) mass is 652 g/mol. The third-order valence-corrected chi connectivity index (χ3v) is 9.51. The van der Waals surface area contributed by atoms with E-state index in [1.165, 1.54) is 21.9 Å². The highest BCUT2D eigenvalue weighted by Gasteiger charge is 2.20. The number of nitrogens with zero attached hydrogens (tertiary/aromatic N) is 4. The Labute approximate surface area is 293 Å². The normalized spacial score (nSPS) is 11.5. The van der Waals surface area contributed by atoms with Crippen LogP contribution in [0.25, 0.3) is 100 Å². The van der Waals surface area contributed by atoms with Crippen molar-refractivity contribution in [1.82, 2.24) is 19.9 Å². The average Bonchev–Trinajstić information content (AvgIpc) is 3.59. The molecule has 0 aliphatic heterocycles. The van der Waals surface area contributed by atoms with E-state index in [0.29, 0.717) is 23.2 Å². The molecule has 0 spiro atoms. The largest absolute Gasteiger partial charge is 0.456 e. The Morgan fingerprint density at radius 1 is 0.353 bits per heavy atom. The number of hydrogen-bond donors (Lipinski definition) is 0. The van der Waals surface area contributed by atoms with Crippen LogP contribution >= 0.6 is 0 Å². The van der Waals surface area contributed by atoms with E-state index in [1.807, 2.05) is 66.7 Å². The predicted octanol–water partition coefficient (Wildman–Crippen LogP) is 11.8. The molecular formula is C46H28N4O. The van der Waals surface area contributed by atoms with E-state index in [-0.39, 0.29) is 0 Å². The highest BCUT2D eigenvalue weighted by atomic mass is 16.3. The lowest BCUT2D eigenvalue weighted by atomic mass is 9.91. The first-order valence-corrected chi connectivity index (χ1v) is 17.0. The SMILES string of the molecule is c1ccc(-c2nc(-c3cc(-c4cc(-c5ccccc5)c5ccccc5c4)c4ccccc4n3)nc(-c3cccc4oc5ccccc5c34)n2)cc1. The van der Waals surface area contributed by atoms with Crippen molar-refractivity contribution in [1.29, 1.82) is 0 Å². The molecular weight excluding hydrogens is 625 g/mol. The van der Waals surface area contributed by atoms with Gasteiger partial charge in [-0.05, 0) is 69.4 Å². The molecule has 0 radical (unpaired) electrons. The lowest BCUT2D eigenvalue weighted by molar-refractivity contribution is 0.669. The fourth-order valence-electron chi connectivity index (χ4n) is 7.14. The second kappa shape index (κ2) is 11.9. The van der Waals surface area contributed by atoms with Crippen LogP contribution in [0.2, 0.25) is 0 Å². The van der Waals surface area contributed by atoms with E-state index >= 15 is 0 Å². The minimum atomic E-state index is 0.500. The molecule has 0 aliphatic rings. The second-order valence-corrected chi connectivity index (χ2v) is 12.6. The van der Waals surface area contributed by atoms with Crippen molar-refractivity contribution in [2.24, 2.45) is 0 Å². The maximum atomic E-state index is 6.25. The molecule has 0 saturated heterocycles. The maximum absolute atomic E-state index is 6.25. The third-order valence-electron chi connectivity index (χ3n) is 9.51. The molecule has 3 aromatic heterocycles. The molecule has 10 rings (SSSR count). The first kappa shape index (κ1) is 29.0. The van der Waals surface area contributed by atoms with E-state index in [2.05, 4.69) is 103 Å². The number of hydrogen-bond acceptors (Lipinski definition) is 5. The van der Waals surface area contributed by atoms with Crippen molar-refractivity contribution in [2.45, 2.75) is 0 Å². The molecule has 0 amide bonds. The minimum absolute atomic E-state index is 0.500. The Hall–Kier alpha value is -6.98. The van der Waals surface area contributed by atoms with Crippen molar-refractivity contribution >= 4 is 43.6 Å². The highest BCUT2D eigenvalue weighted by Crippen LogP contribution is 2.39. The standard InChI is InChI=1S/C46H28N4O/c1-3-14-29(15-4-1)37-27-32(26-31-18-7-8-19-33(31)37)38-28-40(47-39-23-11-9-20-34(38)39)46-49-44(30-16-5-2-6-17-30)48-45(50-46)36-22-13-25-42-43(36)35-21-10-12-24-41(35)51-42/h1-28H. The van der Waals surface area contributed by atoms with Gasteiger partial charge in [0, 0.05) is 27.3 Å². The topological polar surface area (TPSA) is 64.7 Å². The fraction of sp³-hybridized carbons (Fsp3) is 0.